The predicted molar refractivity (Wildman–Crippen MR) is 98.0 cm³/mol. The number of para-hydroxylation sites is 1. The summed E-state index contributed by atoms with van der Waals surface area (Å²) in [6.45, 7) is 0. The highest BCUT2D eigenvalue weighted by Crippen LogP contribution is 2.20. The fraction of sp³-hybridized carbons (Fsp3) is 0.0909. The maximum Gasteiger partial charge on any atom is 0.133 e. The molecule has 116 valence electrons. The van der Waals surface area contributed by atoms with Gasteiger partial charge in [0.2, 0.25) is 0 Å². The Morgan fingerprint density at radius 1 is 0.542 bits per heavy atom. The molecule has 0 aliphatic carbocycles. The molecule has 4 aromatic rings. The van der Waals surface area contributed by atoms with Gasteiger partial charge < -0.3 is 0 Å². The summed E-state index contributed by atoms with van der Waals surface area (Å²) < 4.78 is 0. The smallest absolute Gasteiger partial charge is 0.133 e. The molecule has 0 aliphatic heterocycles. The summed E-state index contributed by atoms with van der Waals surface area (Å²) in [6, 6.07) is 29.1. The molecule has 0 unspecified atom stereocenters. The van der Waals surface area contributed by atoms with Crippen LogP contribution in [0.3, 0.4) is 0 Å². The van der Waals surface area contributed by atoms with Crippen molar-refractivity contribution in [1.29, 1.82) is 0 Å². The number of fused-ring (bicyclic) bond motifs is 1. The maximum atomic E-state index is 4.88. The van der Waals surface area contributed by atoms with Gasteiger partial charge in [-0.1, -0.05) is 78.9 Å². The van der Waals surface area contributed by atoms with Crippen molar-refractivity contribution in [2.24, 2.45) is 0 Å². The van der Waals surface area contributed by atoms with Crippen molar-refractivity contribution in [2.75, 3.05) is 0 Å². The molecule has 2 nitrogen and oxygen atoms in total. The largest absolute Gasteiger partial charge is 0.237 e. The lowest BCUT2D eigenvalue weighted by atomic mass is 10.0. The maximum absolute atomic E-state index is 4.88. The molecule has 24 heavy (non-hydrogen) atoms. The lowest BCUT2D eigenvalue weighted by molar-refractivity contribution is 0.945. The molecule has 0 fully saturated rings. The van der Waals surface area contributed by atoms with Crippen LogP contribution >= 0.6 is 0 Å². The van der Waals surface area contributed by atoms with E-state index in [9.17, 15) is 0 Å². The molecule has 0 N–H and O–H groups in total. The van der Waals surface area contributed by atoms with Crippen LogP contribution in [0, 0.1) is 0 Å². The zero-order valence-electron chi connectivity index (χ0n) is 13.4. The number of hydrogen-bond acceptors (Lipinski definition) is 2. The fourth-order valence-electron chi connectivity index (χ4n) is 2.98. The van der Waals surface area contributed by atoms with E-state index in [4.69, 9.17) is 9.97 Å². The van der Waals surface area contributed by atoms with Crippen LogP contribution < -0.4 is 0 Å². The van der Waals surface area contributed by atoms with Crippen molar-refractivity contribution in [3.8, 4) is 0 Å². The molecule has 1 aromatic heterocycles. The molecule has 0 saturated heterocycles. The molecular weight excluding hydrogens is 292 g/mol. The number of benzene rings is 3. The highest BCUT2D eigenvalue weighted by atomic mass is 14.9. The van der Waals surface area contributed by atoms with Crippen molar-refractivity contribution in [3.05, 3.63) is 108 Å². The average molecular weight is 310 g/mol. The number of nitrogens with zero attached hydrogens (tertiary/aromatic N) is 2. The van der Waals surface area contributed by atoms with Gasteiger partial charge in [0.05, 0.1) is 11.2 Å². The lowest BCUT2D eigenvalue weighted by Crippen LogP contribution is -2.03. The van der Waals surface area contributed by atoms with Crippen molar-refractivity contribution in [2.45, 2.75) is 12.8 Å². The Kier molecular flexibility index (Phi) is 4.03. The highest BCUT2D eigenvalue weighted by Gasteiger charge is 2.09. The van der Waals surface area contributed by atoms with Crippen LogP contribution in [0.1, 0.15) is 22.6 Å². The monoisotopic (exact) mass is 310 g/mol. The van der Waals surface area contributed by atoms with Gasteiger partial charge >= 0.3 is 0 Å². The summed E-state index contributed by atoms with van der Waals surface area (Å²) in [7, 11) is 0. The molecule has 0 bridgehead atoms. The summed E-state index contributed by atoms with van der Waals surface area (Å²) in [5, 5.41) is 1.14. The number of hydrogen-bond donors (Lipinski definition) is 0. The average Bonchev–Trinajstić information content (AvgIpc) is 2.63. The van der Waals surface area contributed by atoms with E-state index in [1.165, 1.54) is 11.1 Å². The van der Waals surface area contributed by atoms with E-state index in [0.717, 1.165) is 35.3 Å². The topological polar surface area (TPSA) is 25.8 Å². The van der Waals surface area contributed by atoms with E-state index >= 15 is 0 Å². The van der Waals surface area contributed by atoms with Crippen LogP contribution in [-0.4, -0.2) is 9.97 Å². The normalized spacial score (nSPS) is 10.8. The number of rotatable bonds is 4. The Morgan fingerprint density at radius 3 is 1.83 bits per heavy atom. The first-order chi connectivity index (χ1) is 11.9. The fourth-order valence-corrected chi connectivity index (χ4v) is 2.98. The number of aromatic nitrogens is 2. The zero-order chi connectivity index (χ0) is 16.2. The van der Waals surface area contributed by atoms with Crippen molar-refractivity contribution in [1.82, 2.24) is 9.97 Å². The van der Waals surface area contributed by atoms with Crippen LogP contribution in [0.5, 0.6) is 0 Å². The van der Waals surface area contributed by atoms with Gasteiger partial charge in [-0.2, -0.15) is 0 Å². The Bertz CT molecular complexity index is 947. The summed E-state index contributed by atoms with van der Waals surface area (Å²) >= 11 is 0. The minimum Gasteiger partial charge on any atom is -0.237 e. The SMILES string of the molecule is c1ccc(Cc2nc(Cc3ccccc3)c3ccccc3n2)cc1. The third-order valence-corrected chi connectivity index (χ3v) is 4.15. The molecular formula is C22H18N2. The van der Waals surface area contributed by atoms with Gasteiger partial charge in [0, 0.05) is 18.2 Å². The molecule has 0 amide bonds. The van der Waals surface area contributed by atoms with E-state index in [2.05, 4.69) is 66.7 Å². The quantitative estimate of drug-likeness (QED) is 0.540. The van der Waals surface area contributed by atoms with Crippen LogP contribution in [0.25, 0.3) is 10.9 Å². The minimum atomic E-state index is 0.757. The van der Waals surface area contributed by atoms with Crippen LogP contribution in [0.2, 0.25) is 0 Å². The molecule has 2 heteroatoms. The first-order valence-corrected chi connectivity index (χ1v) is 8.21. The van der Waals surface area contributed by atoms with E-state index in [1.54, 1.807) is 0 Å². The molecule has 1 heterocycles. The molecule has 0 saturated carbocycles. The molecule has 0 spiro atoms. The molecule has 4 rings (SSSR count). The van der Waals surface area contributed by atoms with Crippen molar-refractivity contribution >= 4 is 10.9 Å². The van der Waals surface area contributed by atoms with Gasteiger partial charge in [-0.25, -0.2) is 9.97 Å². The second kappa shape index (κ2) is 6.63. The third-order valence-electron chi connectivity index (χ3n) is 4.15. The molecule has 3 aromatic carbocycles. The lowest BCUT2D eigenvalue weighted by Gasteiger charge is -2.09. The van der Waals surface area contributed by atoms with Crippen molar-refractivity contribution in [3.63, 3.8) is 0 Å². The second-order valence-electron chi connectivity index (χ2n) is 5.93. The Hall–Kier alpha value is -3.00. The van der Waals surface area contributed by atoms with Gasteiger partial charge in [-0.3, -0.25) is 0 Å². The van der Waals surface area contributed by atoms with Crippen molar-refractivity contribution < 1.29 is 0 Å². The Balaban J connectivity index is 1.76. The van der Waals surface area contributed by atoms with E-state index in [1.807, 2.05) is 18.2 Å². The summed E-state index contributed by atoms with van der Waals surface area (Å²) in [5.74, 6) is 0.880. The minimum absolute atomic E-state index is 0.757. The first kappa shape index (κ1) is 14.6. The third kappa shape index (κ3) is 3.18. The highest BCUT2D eigenvalue weighted by molar-refractivity contribution is 5.81. The predicted octanol–water partition coefficient (Wildman–Crippen LogP) is 4.81. The van der Waals surface area contributed by atoms with Crippen LogP contribution in [0.4, 0.5) is 0 Å². The van der Waals surface area contributed by atoms with Gasteiger partial charge in [0.1, 0.15) is 5.82 Å². The first-order valence-electron chi connectivity index (χ1n) is 8.21. The van der Waals surface area contributed by atoms with Gasteiger partial charge in [-0.15, -0.1) is 0 Å². The van der Waals surface area contributed by atoms with Gasteiger partial charge in [-0.05, 0) is 17.2 Å². The second-order valence-corrected chi connectivity index (χ2v) is 5.93. The van der Waals surface area contributed by atoms with Gasteiger partial charge in [0.15, 0.2) is 0 Å². The Morgan fingerprint density at radius 2 is 1.12 bits per heavy atom. The molecule has 0 radical (unpaired) electrons. The summed E-state index contributed by atoms with van der Waals surface area (Å²) in [4.78, 5) is 9.64. The molecule has 0 atom stereocenters. The van der Waals surface area contributed by atoms with Crippen LogP contribution in [0.15, 0.2) is 84.9 Å². The van der Waals surface area contributed by atoms with Gasteiger partial charge in [0.25, 0.3) is 0 Å². The zero-order valence-corrected chi connectivity index (χ0v) is 13.4. The van der Waals surface area contributed by atoms with E-state index < -0.39 is 0 Å². The summed E-state index contributed by atoms with van der Waals surface area (Å²) in [5.41, 5.74) is 4.62. The summed E-state index contributed by atoms with van der Waals surface area (Å²) in [6.07, 6.45) is 1.58. The van der Waals surface area contributed by atoms with E-state index in [0.29, 0.717) is 0 Å². The molecule has 0 aliphatic rings. The standard InChI is InChI=1S/C22H18N2/c1-3-9-17(10-4-1)15-21-19-13-7-8-14-20(19)23-22(24-21)16-18-11-5-2-6-12-18/h1-14H,15-16H2. The van der Waals surface area contributed by atoms with E-state index in [-0.39, 0.29) is 0 Å². The van der Waals surface area contributed by atoms with Crippen LogP contribution in [-0.2, 0) is 12.8 Å². The Labute approximate surface area is 141 Å².